The summed E-state index contributed by atoms with van der Waals surface area (Å²) in [5.41, 5.74) is -2.33. The summed E-state index contributed by atoms with van der Waals surface area (Å²) in [7, 11) is 2.05. The van der Waals surface area contributed by atoms with Crippen LogP contribution >= 0.6 is 0 Å². The Morgan fingerprint density at radius 2 is 1.16 bits per heavy atom. The van der Waals surface area contributed by atoms with Crippen molar-refractivity contribution < 1.29 is 52.4 Å². The van der Waals surface area contributed by atoms with Gasteiger partial charge in [-0.25, -0.2) is 28.3 Å². The molecule has 0 bridgehead atoms. The number of hydrogen-bond donors (Lipinski definition) is 2. The highest BCUT2D eigenvalue weighted by molar-refractivity contribution is 5.98. The monoisotopic (exact) mass is 707 g/mol. The Bertz CT molecular complexity index is 2270. The predicted octanol–water partition coefficient (Wildman–Crippen LogP) is 2.55. The minimum atomic E-state index is -1.25. The van der Waals surface area contributed by atoms with Crippen LogP contribution in [0.3, 0.4) is 0 Å². The van der Waals surface area contributed by atoms with Crippen LogP contribution in [0, 0.1) is 0 Å². The zero-order chi connectivity index (χ0) is 36.8. The molecule has 0 saturated carbocycles. The Hall–Kier alpha value is -6.85. The van der Waals surface area contributed by atoms with Gasteiger partial charge in [-0.05, 0) is 49.2 Å². The van der Waals surface area contributed by atoms with Gasteiger partial charge in [0.2, 0.25) is 0 Å². The van der Waals surface area contributed by atoms with E-state index in [2.05, 4.69) is 9.47 Å². The number of ether oxygens (including phenoxy) is 4. The predicted molar refractivity (Wildman–Crippen MR) is 174 cm³/mol. The molecule has 0 aliphatic carbocycles. The van der Waals surface area contributed by atoms with Crippen molar-refractivity contribution in [3.63, 3.8) is 0 Å². The van der Waals surface area contributed by atoms with Crippen molar-refractivity contribution in [3.05, 3.63) is 102 Å². The molecule has 0 radical (unpaired) electrons. The van der Waals surface area contributed by atoms with Crippen LogP contribution in [0.5, 0.6) is 23.0 Å². The van der Waals surface area contributed by atoms with Crippen LogP contribution in [-0.4, -0.2) is 69.8 Å². The molecule has 0 aliphatic rings. The molecule has 0 unspecified atom stereocenters. The molecule has 3 aromatic carbocycles. The van der Waals surface area contributed by atoms with Gasteiger partial charge in [-0.15, -0.1) is 0 Å². The van der Waals surface area contributed by atoms with Gasteiger partial charge in [0, 0.05) is 26.2 Å². The first-order valence-electron chi connectivity index (χ1n) is 15.1. The lowest BCUT2D eigenvalue weighted by molar-refractivity contribution is 0.0738. The van der Waals surface area contributed by atoms with Crippen LogP contribution in [0.1, 0.15) is 23.2 Å². The molecule has 0 atom stereocenters. The second-order valence-electron chi connectivity index (χ2n) is 10.7. The van der Waals surface area contributed by atoms with Crippen molar-refractivity contribution in [1.29, 1.82) is 0 Å². The molecule has 0 fully saturated rings. The van der Waals surface area contributed by atoms with E-state index in [1.165, 1.54) is 59.5 Å². The van der Waals surface area contributed by atoms with Gasteiger partial charge in [0.15, 0.2) is 34.2 Å². The van der Waals surface area contributed by atoms with Crippen molar-refractivity contribution in [1.82, 2.24) is 14.0 Å². The molecule has 5 aromatic rings. The number of fused-ring (bicyclic) bond motifs is 2. The van der Waals surface area contributed by atoms with Crippen LogP contribution < -0.4 is 32.1 Å². The summed E-state index contributed by atoms with van der Waals surface area (Å²) < 4.78 is 31.2. The topological polar surface area (TPSA) is 236 Å². The first-order valence-corrected chi connectivity index (χ1v) is 15.1. The number of methoxy groups -OCH3 is 2. The fraction of sp³-hybridized carbons (Fsp3) is 0.242. The lowest BCUT2D eigenvalue weighted by Crippen LogP contribution is -2.38. The molecule has 5 rings (SSSR count). The van der Waals surface area contributed by atoms with Crippen molar-refractivity contribution in [2.24, 2.45) is 0 Å². The number of aromatic nitrogens is 2. The number of nitrogens with zero attached hydrogens (tertiary/aromatic N) is 3. The molecule has 2 heterocycles. The largest absolute Gasteiger partial charge is 0.513 e. The van der Waals surface area contributed by atoms with Crippen molar-refractivity contribution in [3.8, 4) is 23.0 Å². The second kappa shape index (κ2) is 15.1. The number of carbonyl (C=O) groups is 3. The standard InChI is InChI=1S/C33H29N3O15/c1-46-32(44)48-23-13-5-10-20(26(23)51-33(45)47-2)27(39)34(14-6-16-35-28(40)18-8-3-11-21(37)24(18)49-30(35)42)15-7-17-36-29(41)19-9-4-12-22(38)25(19)50-31(36)43/h3-5,8-13,37-38H,6-7,14-17H2,1-2H3. The Labute approximate surface area is 284 Å². The molecule has 266 valence electrons. The fourth-order valence-electron chi connectivity index (χ4n) is 5.18. The number of phenolic OH excluding ortho intramolecular Hbond substituents is 2. The summed E-state index contributed by atoms with van der Waals surface area (Å²) in [6.45, 7) is -0.801. The van der Waals surface area contributed by atoms with Crippen molar-refractivity contribution in [2.75, 3.05) is 27.3 Å². The third-order valence-corrected chi connectivity index (χ3v) is 7.59. The molecule has 0 spiro atoms. The molecule has 51 heavy (non-hydrogen) atoms. The maximum Gasteiger partial charge on any atom is 0.513 e. The lowest BCUT2D eigenvalue weighted by Gasteiger charge is -2.24. The third-order valence-electron chi connectivity index (χ3n) is 7.59. The van der Waals surface area contributed by atoms with Gasteiger partial charge in [-0.1, -0.05) is 18.2 Å². The SMILES string of the molecule is COC(=O)Oc1cccc(C(=O)N(CCCn2c(=O)oc3c(O)cccc3c2=O)CCCn2c(=O)oc3c(O)cccc3c2=O)c1OC(=O)OC. The molecule has 1 amide bonds. The molecule has 2 aromatic heterocycles. The highest BCUT2D eigenvalue weighted by Gasteiger charge is 2.26. The van der Waals surface area contributed by atoms with Crippen LogP contribution in [-0.2, 0) is 22.6 Å². The maximum atomic E-state index is 14.1. The van der Waals surface area contributed by atoms with Crippen LogP contribution in [0.15, 0.2) is 82.6 Å². The normalized spacial score (nSPS) is 10.9. The quantitative estimate of drug-likeness (QED) is 0.148. The van der Waals surface area contributed by atoms with E-state index in [1.54, 1.807) is 0 Å². The number of amides is 1. The van der Waals surface area contributed by atoms with Gasteiger partial charge in [-0.2, -0.15) is 0 Å². The van der Waals surface area contributed by atoms with Crippen molar-refractivity contribution >= 4 is 40.2 Å². The second-order valence-corrected chi connectivity index (χ2v) is 10.7. The highest BCUT2D eigenvalue weighted by atomic mass is 16.7. The first-order chi connectivity index (χ1) is 24.4. The summed E-state index contributed by atoms with van der Waals surface area (Å²) >= 11 is 0. The zero-order valence-corrected chi connectivity index (χ0v) is 27.0. The summed E-state index contributed by atoms with van der Waals surface area (Å²) in [5, 5.41) is 19.9. The molecule has 2 N–H and O–H groups in total. The Morgan fingerprint density at radius 1 is 0.686 bits per heavy atom. The number of benzene rings is 3. The fourth-order valence-corrected chi connectivity index (χ4v) is 5.18. The minimum Gasteiger partial charge on any atom is -0.504 e. The lowest BCUT2D eigenvalue weighted by atomic mass is 10.1. The Kier molecular flexibility index (Phi) is 10.5. The highest BCUT2D eigenvalue weighted by Crippen LogP contribution is 2.33. The smallest absolute Gasteiger partial charge is 0.504 e. The van der Waals surface area contributed by atoms with E-state index < -0.39 is 58.1 Å². The van der Waals surface area contributed by atoms with E-state index in [0.29, 0.717) is 0 Å². The third kappa shape index (κ3) is 7.43. The average molecular weight is 708 g/mol. The van der Waals surface area contributed by atoms with E-state index in [4.69, 9.17) is 18.3 Å². The minimum absolute atomic E-state index is 0.0242. The van der Waals surface area contributed by atoms with E-state index in [1.807, 2.05) is 0 Å². The van der Waals surface area contributed by atoms with Crippen molar-refractivity contribution in [2.45, 2.75) is 25.9 Å². The van der Waals surface area contributed by atoms with Crippen LogP contribution in [0.25, 0.3) is 21.9 Å². The number of carbonyl (C=O) groups excluding carboxylic acids is 3. The number of rotatable bonds is 11. The summed E-state index contributed by atoms with van der Waals surface area (Å²) in [6, 6.07) is 11.9. The van der Waals surface area contributed by atoms with E-state index in [0.717, 1.165) is 23.4 Å². The molecule has 0 aliphatic heterocycles. The first kappa shape index (κ1) is 35.5. The number of aromatic hydroxyl groups is 2. The molecule has 0 saturated heterocycles. The Balaban J connectivity index is 1.46. The molecular weight excluding hydrogens is 678 g/mol. The van der Waals surface area contributed by atoms with Crippen LogP contribution in [0.2, 0.25) is 0 Å². The van der Waals surface area contributed by atoms with Crippen LogP contribution in [0.4, 0.5) is 9.59 Å². The van der Waals surface area contributed by atoms with Gasteiger partial charge >= 0.3 is 23.8 Å². The Morgan fingerprint density at radius 3 is 1.65 bits per heavy atom. The number of para-hydroxylation sites is 3. The number of hydrogen-bond acceptors (Lipinski definition) is 15. The molecular formula is C33H29N3O15. The van der Waals surface area contributed by atoms with E-state index in [-0.39, 0.29) is 72.3 Å². The molecule has 18 heteroatoms. The average Bonchev–Trinajstić information content (AvgIpc) is 3.11. The van der Waals surface area contributed by atoms with Gasteiger partial charge in [0.1, 0.15) is 0 Å². The summed E-state index contributed by atoms with van der Waals surface area (Å²) in [5.74, 6) is -4.57. The van der Waals surface area contributed by atoms with Gasteiger partial charge in [0.05, 0.1) is 30.6 Å². The maximum absolute atomic E-state index is 14.1. The van der Waals surface area contributed by atoms with E-state index >= 15 is 0 Å². The molecule has 18 nitrogen and oxygen atoms in total. The van der Waals surface area contributed by atoms with Gasteiger partial charge in [-0.3, -0.25) is 14.4 Å². The number of phenols is 2. The van der Waals surface area contributed by atoms with E-state index in [9.17, 15) is 43.8 Å². The summed E-state index contributed by atoms with van der Waals surface area (Å²) in [4.78, 5) is 90.9. The van der Waals surface area contributed by atoms with Gasteiger partial charge in [0.25, 0.3) is 17.0 Å². The summed E-state index contributed by atoms with van der Waals surface area (Å²) in [6.07, 6.45) is -2.49. The zero-order valence-electron chi connectivity index (χ0n) is 27.0. The van der Waals surface area contributed by atoms with Gasteiger partial charge < -0.3 is 42.9 Å².